The Balaban J connectivity index is 2.32. The summed E-state index contributed by atoms with van der Waals surface area (Å²) < 4.78 is 15.2. The van der Waals surface area contributed by atoms with Gasteiger partial charge in [-0.05, 0) is 36.8 Å². The lowest BCUT2D eigenvalue weighted by Crippen LogP contribution is -2.47. The van der Waals surface area contributed by atoms with Crippen LogP contribution in [0, 0.1) is 0 Å². The van der Waals surface area contributed by atoms with Crippen molar-refractivity contribution in [3.63, 3.8) is 0 Å². The van der Waals surface area contributed by atoms with Gasteiger partial charge in [0.1, 0.15) is 0 Å². The molecule has 0 bridgehead atoms. The molecule has 0 unspecified atom stereocenters. The van der Waals surface area contributed by atoms with E-state index in [0.29, 0.717) is 6.42 Å². The van der Waals surface area contributed by atoms with Crippen molar-refractivity contribution in [2.45, 2.75) is 70.3 Å². The van der Waals surface area contributed by atoms with Crippen LogP contribution in [0.5, 0.6) is 0 Å². The molecular weight excluding hydrogens is 321 g/mol. The summed E-state index contributed by atoms with van der Waals surface area (Å²) in [6.45, 7) is 2.15. The molecule has 0 aliphatic carbocycles. The Bertz CT molecular complexity index is 452. The standard InChI is InChI=1S/C19H32NO3P/c1-2-3-4-5-6-7-8-17-9-11-18(12-10-17)13-14-19(20,15-21)16-23-24-22/h9-12,21H,2-8,13-16,20H2,1H3/t19-/m0/s1. The van der Waals surface area contributed by atoms with Gasteiger partial charge in [-0.25, -0.2) is 4.57 Å². The fourth-order valence-electron chi connectivity index (χ4n) is 2.73. The first kappa shape index (κ1) is 21.2. The van der Waals surface area contributed by atoms with E-state index in [9.17, 15) is 9.67 Å². The summed E-state index contributed by atoms with van der Waals surface area (Å²) in [5.41, 5.74) is 7.80. The van der Waals surface area contributed by atoms with Crippen molar-refractivity contribution in [2.75, 3.05) is 13.2 Å². The molecule has 0 fully saturated rings. The summed E-state index contributed by atoms with van der Waals surface area (Å²) in [6, 6.07) is 8.64. The number of benzene rings is 1. The third-order valence-electron chi connectivity index (χ3n) is 4.47. The summed E-state index contributed by atoms with van der Waals surface area (Å²) in [4.78, 5) is 0. The smallest absolute Gasteiger partial charge is 0.327 e. The SMILES string of the molecule is CCCCCCCCc1ccc(CC[C@](N)(CO)COP=O)cc1. The molecule has 1 atom stereocenters. The van der Waals surface area contributed by atoms with Gasteiger partial charge in [-0.2, -0.15) is 0 Å². The van der Waals surface area contributed by atoms with Crippen LogP contribution in [-0.2, 0) is 21.9 Å². The van der Waals surface area contributed by atoms with E-state index in [1.165, 1.54) is 49.7 Å². The zero-order valence-corrected chi connectivity index (χ0v) is 15.8. The number of nitrogens with two attached hydrogens (primary N) is 1. The van der Waals surface area contributed by atoms with Crippen LogP contribution >= 0.6 is 8.69 Å². The van der Waals surface area contributed by atoms with Crippen LogP contribution < -0.4 is 5.73 Å². The first-order chi connectivity index (χ1) is 11.6. The van der Waals surface area contributed by atoms with Crippen molar-refractivity contribution in [1.29, 1.82) is 0 Å². The normalized spacial score (nSPS) is 14.0. The molecule has 5 heteroatoms. The Hall–Kier alpha value is -0.800. The molecule has 0 aromatic heterocycles. The lowest BCUT2D eigenvalue weighted by atomic mass is 9.93. The highest BCUT2D eigenvalue weighted by Gasteiger charge is 2.24. The fraction of sp³-hybridized carbons (Fsp3) is 0.684. The minimum absolute atomic E-state index is 0.0880. The van der Waals surface area contributed by atoms with Crippen LogP contribution in [0.2, 0.25) is 0 Å². The number of rotatable bonds is 14. The van der Waals surface area contributed by atoms with Crippen molar-refractivity contribution >= 4 is 8.69 Å². The van der Waals surface area contributed by atoms with Crippen molar-refractivity contribution in [3.8, 4) is 0 Å². The van der Waals surface area contributed by atoms with Crippen LogP contribution in [0.15, 0.2) is 24.3 Å². The van der Waals surface area contributed by atoms with Gasteiger partial charge in [0.2, 0.25) is 0 Å². The monoisotopic (exact) mass is 353 g/mol. The van der Waals surface area contributed by atoms with Crippen molar-refractivity contribution in [3.05, 3.63) is 35.4 Å². The molecule has 0 saturated heterocycles. The summed E-state index contributed by atoms with van der Waals surface area (Å²) in [6.07, 6.45) is 10.4. The van der Waals surface area contributed by atoms with Gasteiger partial charge in [-0.3, -0.25) is 4.52 Å². The zero-order valence-electron chi connectivity index (χ0n) is 14.9. The zero-order chi connectivity index (χ0) is 17.7. The molecule has 0 radical (unpaired) electrons. The van der Waals surface area contributed by atoms with Gasteiger partial charge in [0, 0.05) is 0 Å². The summed E-state index contributed by atoms with van der Waals surface area (Å²) in [7, 11) is -0.399. The largest absolute Gasteiger partial charge is 0.394 e. The second kappa shape index (κ2) is 12.5. The second-order valence-corrected chi connectivity index (χ2v) is 7.11. The average Bonchev–Trinajstić information content (AvgIpc) is 2.62. The number of hydrogen-bond acceptors (Lipinski definition) is 4. The molecule has 1 aromatic carbocycles. The van der Waals surface area contributed by atoms with Crippen LogP contribution in [0.4, 0.5) is 0 Å². The molecule has 24 heavy (non-hydrogen) atoms. The molecule has 1 rings (SSSR count). The van der Waals surface area contributed by atoms with E-state index >= 15 is 0 Å². The highest BCUT2D eigenvalue weighted by molar-refractivity contribution is 7.17. The Kier molecular flexibility index (Phi) is 11.1. The quantitative estimate of drug-likeness (QED) is 0.383. The molecule has 3 N–H and O–H groups in total. The van der Waals surface area contributed by atoms with E-state index in [2.05, 4.69) is 31.2 Å². The number of unbranched alkanes of at least 4 members (excludes halogenated alkanes) is 5. The topological polar surface area (TPSA) is 72.6 Å². The first-order valence-corrected chi connectivity index (χ1v) is 9.79. The van der Waals surface area contributed by atoms with Crippen molar-refractivity contribution in [1.82, 2.24) is 0 Å². The third kappa shape index (κ3) is 8.89. The van der Waals surface area contributed by atoms with Crippen molar-refractivity contribution in [2.24, 2.45) is 5.73 Å². The van der Waals surface area contributed by atoms with Crippen LogP contribution in [-0.4, -0.2) is 23.9 Å². The number of aryl methyl sites for hydroxylation is 2. The van der Waals surface area contributed by atoms with Crippen LogP contribution in [0.25, 0.3) is 0 Å². The average molecular weight is 353 g/mol. The molecule has 136 valence electrons. The molecule has 0 aliphatic heterocycles. The van der Waals surface area contributed by atoms with E-state index in [-0.39, 0.29) is 13.2 Å². The van der Waals surface area contributed by atoms with Crippen LogP contribution in [0.3, 0.4) is 0 Å². The minimum atomic E-state index is -0.839. The summed E-state index contributed by atoms with van der Waals surface area (Å²) in [5.74, 6) is 0. The van der Waals surface area contributed by atoms with Gasteiger partial charge in [0.25, 0.3) is 0 Å². The van der Waals surface area contributed by atoms with Gasteiger partial charge in [-0.1, -0.05) is 63.3 Å². The van der Waals surface area contributed by atoms with E-state index in [0.717, 1.165) is 12.8 Å². The van der Waals surface area contributed by atoms with E-state index in [4.69, 9.17) is 10.3 Å². The molecule has 0 heterocycles. The molecule has 0 saturated carbocycles. The molecule has 1 aromatic rings. The number of aliphatic hydroxyl groups excluding tert-OH is 1. The lowest BCUT2D eigenvalue weighted by Gasteiger charge is -2.25. The van der Waals surface area contributed by atoms with Gasteiger partial charge in [-0.15, -0.1) is 0 Å². The van der Waals surface area contributed by atoms with E-state index in [1.807, 2.05) is 0 Å². The molecule has 4 nitrogen and oxygen atoms in total. The maximum Gasteiger partial charge on any atom is 0.327 e. The molecule has 0 aliphatic rings. The Morgan fingerprint density at radius 3 is 2.21 bits per heavy atom. The molecular formula is C19H32NO3P. The summed E-state index contributed by atoms with van der Waals surface area (Å²) >= 11 is 0. The Morgan fingerprint density at radius 1 is 1.04 bits per heavy atom. The number of hydrogen-bond donors (Lipinski definition) is 2. The minimum Gasteiger partial charge on any atom is -0.394 e. The highest BCUT2D eigenvalue weighted by atomic mass is 31.1. The maximum absolute atomic E-state index is 10.4. The maximum atomic E-state index is 10.4. The Labute approximate surface area is 148 Å². The van der Waals surface area contributed by atoms with Gasteiger partial charge >= 0.3 is 8.69 Å². The highest BCUT2D eigenvalue weighted by Crippen LogP contribution is 2.16. The molecule has 0 spiro atoms. The van der Waals surface area contributed by atoms with Crippen LogP contribution in [0.1, 0.15) is 63.0 Å². The van der Waals surface area contributed by atoms with E-state index < -0.39 is 14.2 Å². The fourth-order valence-corrected chi connectivity index (χ4v) is 3.04. The van der Waals surface area contributed by atoms with Gasteiger partial charge < -0.3 is 10.8 Å². The van der Waals surface area contributed by atoms with Crippen molar-refractivity contribution < 1.29 is 14.2 Å². The Morgan fingerprint density at radius 2 is 1.62 bits per heavy atom. The lowest BCUT2D eigenvalue weighted by molar-refractivity contribution is 0.133. The predicted molar refractivity (Wildman–Crippen MR) is 99.4 cm³/mol. The van der Waals surface area contributed by atoms with Gasteiger partial charge in [0.05, 0.1) is 18.8 Å². The number of aliphatic hydroxyl groups is 1. The summed E-state index contributed by atoms with van der Waals surface area (Å²) in [5, 5.41) is 9.40. The third-order valence-corrected chi connectivity index (χ3v) is 4.71. The predicted octanol–water partition coefficient (Wildman–Crippen LogP) is 4.44. The molecule has 0 amide bonds. The van der Waals surface area contributed by atoms with E-state index in [1.54, 1.807) is 0 Å². The van der Waals surface area contributed by atoms with Gasteiger partial charge in [0.15, 0.2) is 0 Å². The second-order valence-electron chi connectivity index (χ2n) is 6.70. The first-order valence-electron chi connectivity index (χ1n) is 9.05.